The fourth-order valence-corrected chi connectivity index (χ4v) is 3.84. The van der Waals surface area contributed by atoms with Crippen LogP contribution in [0.1, 0.15) is 30.0 Å². The molecule has 5 rings (SSSR count). The number of hydrogen-bond acceptors (Lipinski definition) is 6. The van der Waals surface area contributed by atoms with Crippen molar-refractivity contribution in [3.63, 3.8) is 0 Å². The summed E-state index contributed by atoms with van der Waals surface area (Å²) in [7, 11) is 0. The molecule has 10 heteroatoms. The zero-order chi connectivity index (χ0) is 22.9. The molecular formula is C23H20F2N6O2. The van der Waals surface area contributed by atoms with Crippen LogP contribution in [0, 0.1) is 6.92 Å². The van der Waals surface area contributed by atoms with E-state index in [0.29, 0.717) is 22.8 Å². The molecule has 3 heterocycles. The Morgan fingerprint density at radius 1 is 1.15 bits per heavy atom. The van der Waals surface area contributed by atoms with Gasteiger partial charge in [-0.25, -0.2) is 19.6 Å². The Morgan fingerprint density at radius 3 is 2.64 bits per heavy atom. The number of ether oxygens (including phenoxy) is 1. The van der Waals surface area contributed by atoms with Crippen molar-refractivity contribution in [2.75, 3.05) is 5.32 Å². The molecule has 0 spiro atoms. The van der Waals surface area contributed by atoms with Crippen molar-refractivity contribution in [3.8, 4) is 17.0 Å². The van der Waals surface area contributed by atoms with E-state index in [9.17, 15) is 13.6 Å². The third kappa shape index (κ3) is 4.50. The zero-order valence-corrected chi connectivity index (χ0v) is 17.7. The molecule has 0 bridgehead atoms. The van der Waals surface area contributed by atoms with Crippen molar-refractivity contribution in [2.45, 2.75) is 38.8 Å². The van der Waals surface area contributed by atoms with Gasteiger partial charge in [0.2, 0.25) is 11.9 Å². The summed E-state index contributed by atoms with van der Waals surface area (Å²) in [4.78, 5) is 25.6. The van der Waals surface area contributed by atoms with Crippen LogP contribution < -0.4 is 10.1 Å². The number of alkyl halides is 2. The topological polar surface area (TPSA) is 94.8 Å². The molecule has 1 aliphatic carbocycles. The molecule has 0 unspecified atom stereocenters. The third-order valence-electron chi connectivity index (χ3n) is 5.43. The van der Waals surface area contributed by atoms with Crippen molar-refractivity contribution in [1.82, 2.24) is 24.7 Å². The lowest BCUT2D eigenvalue weighted by molar-refractivity contribution is -0.116. The second kappa shape index (κ2) is 8.53. The van der Waals surface area contributed by atoms with E-state index in [1.165, 1.54) is 36.7 Å². The normalized spacial score (nSPS) is 13.5. The Kier molecular flexibility index (Phi) is 5.41. The number of aryl methyl sites for hydroxylation is 1. The number of nitrogens with zero attached hydrogens (tertiary/aromatic N) is 5. The number of carbonyl (C=O) groups is 1. The van der Waals surface area contributed by atoms with Crippen LogP contribution in [0.15, 0.2) is 48.8 Å². The van der Waals surface area contributed by atoms with Gasteiger partial charge >= 0.3 is 6.61 Å². The molecule has 1 fully saturated rings. The average Bonchev–Trinajstić information content (AvgIpc) is 3.59. The first-order valence-electron chi connectivity index (χ1n) is 10.5. The van der Waals surface area contributed by atoms with Crippen LogP contribution in [-0.4, -0.2) is 37.3 Å². The summed E-state index contributed by atoms with van der Waals surface area (Å²) in [5, 5.41) is 8.23. The van der Waals surface area contributed by atoms with Gasteiger partial charge in [0.05, 0.1) is 11.4 Å². The van der Waals surface area contributed by atoms with Crippen LogP contribution in [0.2, 0.25) is 0 Å². The van der Waals surface area contributed by atoms with Crippen molar-refractivity contribution in [3.05, 3.63) is 60.0 Å². The van der Waals surface area contributed by atoms with Crippen molar-refractivity contribution >= 4 is 22.9 Å². The van der Waals surface area contributed by atoms with Crippen LogP contribution in [0.25, 0.3) is 22.3 Å². The highest BCUT2D eigenvalue weighted by molar-refractivity contribution is 5.90. The van der Waals surface area contributed by atoms with Gasteiger partial charge in [0.1, 0.15) is 12.3 Å². The maximum atomic E-state index is 12.7. The molecular weight excluding hydrogens is 430 g/mol. The van der Waals surface area contributed by atoms with Gasteiger partial charge in [-0.15, -0.1) is 0 Å². The molecule has 1 aliphatic rings. The Balaban J connectivity index is 1.31. The first-order valence-corrected chi connectivity index (χ1v) is 10.5. The zero-order valence-electron chi connectivity index (χ0n) is 17.7. The Bertz CT molecular complexity index is 1320. The molecule has 8 nitrogen and oxygen atoms in total. The molecule has 0 saturated heterocycles. The Hall–Kier alpha value is -3.95. The molecule has 33 heavy (non-hydrogen) atoms. The van der Waals surface area contributed by atoms with Gasteiger partial charge in [0, 0.05) is 23.3 Å². The summed E-state index contributed by atoms with van der Waals surface area (Å²) in [5.74, 6) is 0.394. The lowest BCUT2D eigenvalue weighted by Gasteiger charge is -2.08. The van der Waals surface area contributed by atoms with E-state index in [-0.39, 0.29) is 24.1 Å². The number of hydrogen-bond donors (Lipinski definition) is 1. The summed E-state index contributed by atoms with van der Waals surface area (Å²) in [6, 6.07) is 9.75. The maximum Gasteiger partial charge on any atom is 0.387 e. The minimum Gasteiger partial charge on any atom is -0.435 e. The SMILES string of the molecule is Cc1nn(CC(=O)Nc2nccc(-c3ccc(OC(F)F)cc3)n2)c2nccc(C3CC3)c12. The first-order chi connectivity index (χ1) is 16.0. The van der Waals surface area contributed by atoms with E-state index in [2.05, 4.69) is 30.1 Å². The van der Waals surface area contributed by atoms with Gasteiger partial charge < -0.3 is 4.74 Å². The number of carbonyl (C=O) groups excluding carboxylic acids is 1. The predicted octanol–water partition coefficient (Wildman–Crippen LogP) is 4.31. The Labute approximate surface area is 187 Å². The van der Waals surface area contributed by atoms with Crippen molar-refractivity contribution in [2.24, 2.45) is 0 Å². The molecule has 168 valence electrons. The molecule has 0 atom stereocenters. The van der Waals surface area contributed by atoms with E-state index in [4.69, 9.17) is 0 Å². The highest BCUT2D eigenvalue weighted by atomic mass is 19.3. The van der Waals surface area contributed by atoms with Crippen LogP contribution in [0.4, 0.5) is 14.7 Å². The fourth-order valence-electron chi connectivity index (χ4n) is 3.84. The second-order valence-corrected chi connectivity index (χ2v) is 7.83. The number of benzene rings is 1. The average molecular weight is 450 g/mol. The minimum absolute atomic E-state index is 0.0291. The van der Waals surface area contributed by atoms with Gasteiger partial charge in [-0.05, 0) is 67.6 Å². The highest BCUT2D eigenvalue weighted by Gasteiger charge is 2.27. The number of amides is 1. The molecule has 4 aromatic rings. The Morgan fingerprint density at radius 2 is 1.91 bits per heavy atom. The lowest BCUT2D eigenvalue weighted by Crippen LogP contribution is -2.21. The third-order valence-corrected chi connectivity index (χ3v) is 5.43. The number of pyridine rings is 1. The van der Waals surface area contributed by atoms with Gasteiger partial charge in [0.15, 0.2) is 5.65 Å². The molecule has 1 aromatic carbocycles. The van der Waals surface area contributed by atoms with E-state index in [0.717, 1.165) is 11.1 Å². The van der Waals surface area contributed by atoms with Crippen LogP contribution in [0.3, 0.4) is 0 Å². The molecule has 1 N–H and O–H groups in total. The first kappa shape index (κ1) is 20.9. The van der Waals surface area contributed by atoms with Crippen molar-refractivity contribution < 1.29 is 18.3 Å². The largest absolute Gasteiger partial charge is 0.435 e. The van der Waals surface area contributed by atoms with Crippen molar-refractivity contribution in [1.29, 1.82) is 0 Å². The van der Waals surface area contributed by atoms with Gasteiger partial charge in [0.25, 0.3) is 0 Å². The molecule has 3 aromatic heterocycles. The number of fused-ring (bicyclic) bond motifs is 1. The number of anilines is 1. The summed E-state index contributed by atoms with van der Waals surface area (Å²) in [5.41, 5.74) is 3.98. The smallest absolute Gasteiger partial charge is 0.387 e. The molecule has 1 amide bonds. The van der Waals surface area contributed by atoms with Crippen LogP contribution in [0.5, 0.6) is 5.75 Å². The van der Waals surface area contributed by atoms with E-state index in [1.807, 2.05) is 13.0 Å². The molecule has 1 saturated carbocycles. The second-order valence-electron chi connectivity index (χ2n) is 7.83. The number of rotatable bonds is 7. The monoisotopic (exact) mass is 450 g/mol. The summed E-state index contributed by atoms with van der Waals surface area (Å²) in [6.45, 7) is -0.990. The van der Waals surface area contributed by atoms with Crippen LogP contribution in [-0.2, 0) is 11.3 Å². The van der Waals surface area contributed by atoms with Gasteiger partial charge in [-0.3, -0.25) is 10.1 Å². The number of nitrogens with one attached hydrogen (secondary N) is 1. The molecule has 0 aliphatic heterocycles. The fraction of sp³-hybridized carbons (Fsp3) is 0.261. The van der Waals surface area contributed by atoms with E-state index in [1.54, 1.807) is 29.1 Å². The standard InChI is InChI=1S/C23H20F2N6O2/c1-13-20-17(14-2-3-14)8-10-26-21(20)31(30-13)12-19(32)29-23-27-11-9-18(28-23)15-4-6-16(7-5-15)33-22(24)25/h4-11,14,22H,2-3,12H2,1H3,(H,27,28,29,32). The van der Waals surface area contributed by atoms with Crippen LogP contribution >= 0.6 is 0 Å². The number of aromatic nitrogens is 5. The summed E-state index contributed by atoms with van der Waals surface area (Å²) in [6.07, 6.45) is 5.61. The summed E-state index contributed by atoms with van der Waals surface area (Å²) < 4.78 is 30.6. The predicted molar refractivity (Wildman–Crippen MR) is 117 cm³/mol. The summed E-state index contributed by atoms with van der Waals surface area (Å²) >= 11 is 0. The number of halogens is 2. The minimum atomic E-state index is -2.89. The molecule has 0 radical (unpaired) electrons. The lowest BCUT2D eigenvalue weighted by atomic mass is 10.1. The van der Waals surface area contributed by atoms with Gasteiger partial charge in [-0.2, -0.15) is 13.9 Å². The van der Waals surface area contributed by atoms with E-state index < -0.39 is 6.61 Å². The van der Waals surface area contributed by atoms with E-state index >= 15 is 0 Å². The maximum absolute atomic E-state index is 12.7. The quantitative estimate of drug-likeness (QED) is 0.451. The highest BCUT2D eigenvalue weighted by Crippen LogP contribution is 2.43. The van der Waals surface area contributed by atoms with Gasteiger partial charge in [-0.1, -0.05) is 0 Å².